The van der Waals surface area contributed by atoms with Gasteiger partial charge >= 0.3 is 5.97 Å². The van der Waals surface area contributed by atoms with E-state index in [4.69, 9.17) is 4.74 Å². The lowest BCUT2D eigenvalue weighted by molar-refractivity contribution is -0.146. The predicted molar refractivity (Wildman–Crippen MR) is 95.9 cm³/mol. The SMILES string of the molecule is CC(C)(C(=O)O)n1cc(NC(=O)C2(c3ccc(F)cc3)CCOCC2)cn1. The van der Waals surface area contributed by atoms with E-state index in [0.29, 0.717) is 31.7 Å². The molecule has 2 N–H and O–H groups in total. The summed E-state index contributed by atoms with van der Waals surface area (Å²) in [6.45, 7) is 3.89. The number of aromatic nitrogens is 2. The number of nitrogens with one attached hydrogen (secondary N) is 1. The number of nitrogens with zero attached hydrogens (tertiary/aromatic N) is 2. The van der Waals surface area contributed by atoms with Gasteiger partial charge in [0, 0.05) is 19.4 Å². The van der Waals surface area contributed by atoms with E-state index in [1.165, 1.54) is 43.1 Å². The Morgan fingerprint density at radius 2 is 1.89 bits per heavy atom. The van der Waals surface area contributed by atoms with E-state index in [1.807, 2.05) is 0 Å². The van der Waals surface area contributed by atoms with Crippen LogP contribution in [0.5, 0.6) is 0 Å². The zero-order valence-corrected chi connectivity index (χ0v) is 15.2. The standard InChI is InChI=1S/C19H22FN3O4/c1-18(2,17(25)26)23-12-15(11-21-23)22-16(24)19(7-9-27-10-8-19)13-3-5-14(20)6-4-13/h3-6,11-12H,7-10H2,1-2H3,(H,22,24)(H,25,26). The highest BCUT2D eigenvalue weighted by molar-refractivity contribution is 5.99. The van der Waals surface area contributed by atoms with Gasteiger partial charge < -0.3 is 15.2 Å². The minimum Gasteiger partial charge on any atom is -0.479 e. The Balaban J connectivity index is 1.87. The van der Waals surface area contributed by atoms with E-state index in [1.54, 1.807) is 12.1 Å². The molecule has 7 nitrogen and oxygen atoms in total. The first-order chi connectivity index (χ1) is 12.8. The lowest BCUT2D eigenvalue weighted by atomic mass is 9.73. The maximum Gasteiger partial charge on any atom is 0.331 e. The van der Waals surface area contributed by atoms with E-state index < -0.39 is 16.9 Å². The van der Waals surface area contributed by atoms with Crippen LogP contribution in [0.4, 0.5) is 10.1 Å². The predicted octanol–water partition coefficient (Wildman–Crippen LogP) is 2.53. The van der Waals surface area contributed by atoms with Gasteiger partial charge in [-0.25, -0.2) is 9.18 Å². The summed E-state index contributed by atoms with van der Waals surface area (Å²) in [5, 5.41) is 16.2. The van der Waals surface area contributed by atoms with Crippen molar-refractivity contribution in [2.75, 3.05) is 18.5 Å². The van der Waals surface area contributed by atoms with E-state index in [0.717, 1.165) is 5.56 Å². The normalized spacial score (nSPS) is 16.7. The van der Waals surface area contributed by atoms with Crippen LogP contribution in [-0.2, 0) is 25.3 Å². The zero-order chi connectivity index (χ0) is 19.7. The third kappa shape index (κ3) is 3.57. The number of ether oxygens (including phenoxy) is 1. The minimum atomic E-state index is -1.24. The van der Waals surface area contributed by atoms with Crippen LogP contribution in [0.1, 0.15) is 32.3 Å². The number of carboxylic acids is 1. The van der Waals surface area contributed by atoms with Crippen LogP contribution >= 0.6 is 0 Å². The van der Waals surface area contributed by atoms with Crippen molar-refractivity contribution in [3.05, 3.63) is 48.0 Å². The molecule has 0 atom stereocenters. The molecule has 1 amide bonds. The van der Waals surface area contributed by atoms with E-state index in [9.17, 15) is 19.1 Å². The van der Waals surface area contributed by atoms with Gasteiger partial charge in [0.1, 0.15) is 5.82 Å². The molecule has 144 valence electrons. The number of anilines is 1. The smallest absolute Gasteiger partial charge is 0.331 e. The third-order valence-corrected chi connectivity index (χ3v) is 5.11. The summed E-state index contributed by atoms with van der Waals surface area (Å²) in [7, 11) is 0. The van der Waals surface area contributed by atoms with Gasteiger partial charge in [0.2, 0.25) is 5.91 Å². The van der Waals surface area contributed by atoms with Crippen LogP contribution in [-0.4, -0.2) is 40.0 Å². The summed E-state index contributed by atoms with van der Waals surface area (Å²) >= 11 is 0. The Morgan fingerprint density at radius 1 is 1.26 bits per heavy atom. The van der Waals surface area contributed by atoms with Crippen molar-refractivity contribution in [1.29, 1.82) is 0 Å². The lowest BCUT2D eigenvalue weighted by Gasteiger charge is -2.36. The summed E-state index contributed by atoms with van der Waals surface area (Å²) in [5.74, 6) is -1.64. The number of carbonyl (C=O) groups is 2. The Morgan fingerprint density at radius 3 is 2.48 bits per heavy atom. The first kappa shape index (κ1) is 19.0. The molecule has 1 saturated heterocycles. The van der Waals surface area contributed by atoms with Gasteiger partial charge in [-0.2, -0.15) is 5.10 Å². The number of carbonyl (C=O) groups excluding carboxylic acids is 1. The van der Waals surface area contributed by atoms with Gasteiger partial charge in [0.25, 0.3) is 0 Å². The highest BCUT2D eigenvalue weighted by Gasteiger charge is 2.42. The molecule has 0 spiro atoms. The number of benzene rings is 1. The number of aliphatic carboxylic acids is 1. The van der Waals surface area contributed by atoms with Crippen LogP contribution in [0.3, 0.4) is 0 Å². The first-order valence-electron chi connectivity index (χ1n) is 8.69. The lowest BCUT2D eigenvalue weighted by Crippen LogP contribution is -2.44. The number of carboxylic acid groups (broad SMARTS) is 1. The van der Waals surface area contributed by atoms with E-state index in [-0.39, 0.29) is 11.7 Å². The molecule has 3 rings (SSSR count). The van der Waals surface area contributed by atoms with Gasteiger partial charge in [-0.3, -0.25) is 9.48 Å². The summed E-state index contributed by atoms with van der Waals surface area (Å²) in [6, 6.07) is 5.93. The molecule has 0 bridgehead atoms. The molecule has 1 aliphatic heterocycles. The van der Waals surface area contributed by atoms with Crippen LogP contribution in [0.15, 0.2) is 36.7 Å². The molecule has 0 radical (unpaired) electrons. The molecule has 0 unspecified atom stereocenters. The Hall–Kier alpha value is -2.74. The molecule has 27 heavy (non-hydrogen) atoms. The monoisotopic (exact) mass is 375 g/mol. The number of amides is 1. The molecule has 2 aromatic rings. The van der Waals surface area contributed by atoms with Crippen molar-refractivity contribution in [1.82, 2.24) is 9.78 Å². The van der Waals surface area contributed by atoms with Crippen molar-refractivity contribution >= 4 is 17.6 Å². The highest BCUT2D eigenvalue weighted by atomic mass is 19.1. The maximum atomic E-state index is 13.3. The fourth-order valence-electron chi connectivity index (χ4n) is 3.18. The van der Waals surface area contributed by atoms with Gasteiger partial charge in [-0.15, -0.1) is 0 Å². The molecule has 1 aromatic heterocycles. The number of rotatable bonds is 5. The minimum absolute atomic E-state index is 0.245. The molecule has 2 heterocycles. The quantitative estimate of drug-likeness (QED) is 0.838. The average Bonchev–Trinajstić information content (AvgIpc) is 3.12. The van der Waals surface area contributed by atoms with Gasteiger partial charge in [0.05, 0.1) is 17.3 Å². The molecular formula is C19H22FN3O4. The molecule has 8 heteroatoms. The van der Waals surface area contributed by atoms with Crippen LogP contribution in [0, 0.1) is 5.82 Å². The molecule has 1 aliphatic rings. The second-order valence-corrected chi connectivity index (χ2v) is 7.19. The van der Waals surface area contributed by atoms with Gasteiger partial charge in [0.15, 0.2) is 5.54 Å². The summed E-state index contributed by atoms with van der Waals surface area (Å²) in [4.78, 5) is 24.5. The maximum absolute atomic E-state index is 13.3. The Bertz CT molecular complexity index is 839. The van der Waals surface area contributed by atoms with Crippen molar-refractivity contribution in [3.8, 4) is 0 Å². The third-order valence-electron chi connectivity index (χ3n) is 5.11. The summed E-state index contributed by atoms with van der Waals surface area (Å²) in [6.07, 6.45) is 3.85. The van der Waals surface area contributed by atoms with Crippen molar-refractivity contribution < 1.29 is 23.8 Å². The van der Waals surface area contributed by atoms with Crippen molar-refractivity contribution in [3.63, 3.8) is 0 Å². The van der Waals surface area contributed by atoms with Crippen molar-refractivity contribution in [2.45, 2.75) is 37.6 Å². The number of halogens is 1. The van der Waals surface area contributed by atoms with E-state index >= 15 is 0 Å². The fraction of sp³-hybridized carbons (Fsp3) is 0.421. The molecule has 0 aliphatic carbocycles. The average molecular weight is 375 g/mol. The first-order valence-corrected chi connectivity index (χ1v) is 8.69. The molecule has 1 aromatic carbocycles. The van der Waals surface area contributed by atoms with Crippen molar-refractivity contribution in [2.24, 2.45) is 0 Å². The van der Waals surface area contributed by atoms with Crippen LogP contribution in [0.25, 0.3) is 0 Å². The van der Waals surface area contributed by atoms with Gasteiger partial charge in [-0.05, 0) is 44.4 Å². The topological polar surface area (TPSA) is 93.5 Å². The Kier molecular flexibility index (Phi) is 5.01. The number of hydrogen-bond acceptors (Lipinski definition) is 4. The van der Waals surface area contributed by atoms with Crippen LogP contribution in [0.2, 0.25) is 0 Å². The molecule has 0 saturated carbocycles. The second-order valence-electron chi connectivity index (χ2n) is 7.19. The Labute approximate surface area is 156 Å². The summed E-state index contributed by atoms with van der Waals surface area (Å²) in [5.41, 5.74) is -0.947. The number of hydrogen-bond donors (Lipinski definition) is 2. The largest absolute Gasteiger partial charge is 0.479 e. The summed E-state index contributed by atoms with van der Waals surface area (Å²) < 4.78 is 20.0. The zero-order valence-electron chi connectivity index (χ0n) is 15.2. The van der Waals surface area contributed by atoms with Crippen LogP contribution < -0.4 is 5.32 Å². The van der Waals surface area contributed by atoms with E-state index in [2.05, 4.69) is 10.4 Å². The van der Waals surface area contributed by atoms with Gasteiger partial charge in [-0.1, -0.05) is 12.1 Å². The molecular weight excluding hydrogens is 353 g/mol. The molecule has 1 fully saturated rings. The highest BCUT2D eigenvalue weighted by Crippen LogP contribution is 2.36. The second kappa shape index (κ2) is 7.11. The fourth-order valence-corrected chi connectivity index (χ4v) is 3.18.